The molecule has 2 aromatic carbocycles. The molecule has 0 radical (unpaired) electrons. The van der Waals surface area contributed by atoms with Gasteiger partial charge in [0.1, 0.15) is 5.75 Å². The van der Waals surface area contributed by atoms with E-state index in [0.29, 0.717) is 12.5 Å². The Labute approximate surface area is 178 Å². The lowest BCUT2D eigenvalue weighted by Gasteiger charge is -2.29. The molecule has 2 unspecified atom stereocenters. The summed E-state index contributed by atoms with van der Waals surface area (Å²) in [6, 6.07) is 16.7. The Kier molecular flexibility index (Phi) is 8.67. The van der Waals surface area contributed by atoms with E-state index in [1.165, 1.54) is 0 Å². The quantitative estimate of drug-likeness (QED) is 0.752. The fourth-order valence-corrected chi connectivity index (χ4v) is 4.32. The van der Waals surface area contributed by atoms with Gasteiger partial charge in [-0.3, -0.25) is 4.79 Å². The molecule has 1 heterocycles. The fourth-order valence-electron chi connectivity index (χ4n) is 3.37. The Bertz CT molecular complexity index is 763. The lowest BCUT2D eigenvalue weighted by atomic mass is 10.00. The molecule has 28 heavy (non-hydrogen) atoms. The molecule has 0 saturated carbocycles. The Hall–Kier alpha value is -1.69. The van der Waals surface area contributed by atoms with E-state index in [1.807, 2.05) is 41.9 Å². The Morgan fingerprint density at radius 2 is 1.96 bits per heavy atom. The maximum Gasteiger partial charge on any atom is 0.224 e. The van der Waals surface area contributed by atoms with Crippen molar-refractivity contribution in [3.05, 3.63) is 54.1 Å². The number of hydrogen-bond acceptors (Lipinski definition) is 4. The van der Waals surface area contributed by atoms with E-state index >= 15 is 0 Å². The van der Waals surface area contributed by atoms with Crippen LogP contribution in [0, 0.1) is 0 Å². The maximum atomic E-state index is 12.7. The molecule has 6 heteroatoms. The lowest BCUT2D eigenvalue weighted by molar-refractivity contribution is -0.132. The second-order valence-electron chi connectivity index (χ2n) is 6.93. The third-order valence-electron chi connectivity index (χ3n) is 5.20. The second kappa shape index (κ2) is 10.7. The molecule has 3 rings (SSSR count). The van der Waals surface area contributed by atoms with Crippen LogP contribution in [-0.2, 0) is 4.79 Å². The zero-order valence-corrected chi connectivity index (χ0v) is 18.3. The molecule has 1 aliphatic rings. The van der Waals surface area contributed by atoms with E-state index in [1.54, 1.807) is 7.11 Å². The van der Waals surface area contributed by atoms with Crippen molar-refractivity contribution in [2.75, 3.05) is 32.2 Å². The number of methoxy groups -OCH3 is 1. The number of para-hydroxylation sites is 1. The molecule has 1 saturated heterocycles. The number of ether oxygens (including phenoxy) is 1. The number of thioether (sulfide) groups is 1. The topological polar surface area (TPSA) is 41.6 Å². The van der Waals surface area contributed by atoms with Crippen molar-refractivity contribution in [2.45, 2.75) is 25.4 Å². The number of carbonyl (C=O) groups is 1. The number of amides is 1. The number of hydrogen-bond donors (Lipinski definition) is 1. The minimum absolute atomic E-state index is 0. The van der Waals surface area contributed by atoms with Crippen LogP contribution in [0.2, 0.25) is 0 Å². The first kappa shape index (κ1) is 22.6. The van der Waals surface area contributed by atoms with Gasteiger partial charge in [-0.15, -0.1) is 12.4 Å². The average molecular weight is 421 g/mol. The van der Waals surface area contributed by atoms with Gasteiger partial charge in [-0.1, -0.05) is 42.5 Å². The molecule has 0 spiro atoms. The van der Waals surface area contributed by atoms with Gasteiger partial charge in [0.15, 0.2) is 0 Å². The summed E-state index contributed by atoms with van der Waals surface area (Å²) in [5.74, 6) is 3.21. The number of nitrogens with zero attached hydrogens (tertiary/aromatic N) is 1. The van der Waals surface area contributed by atoms with Crippen LogP contribution in [0.5, 0.6) is 5.75 Å². The monoisotopic (exact) mass is 420 g/mol. The first-order chi connectivity index (χ1) is 13.1. The van der Waals surface area contributed by atoms with E-state index in [9.17, 15) is 4.79 Å². The van der Waals surface area contributed by atoms with Crippen molar-refractivity contribution in [1.29, 1.82) is 0 Å². The molecule has 0 aliphatic carbocycles. The van der Waals surface area contributed by atoms with Crippen LogP contribution in [-0.4, -0.2) is 49.1 Å². The van der Waals surface area contributed by atoms with Crippen LogP contribution in [0.25, 0.3) is 11.1 Å². The van der Waals surface area contributed by atoms with E-state index in [-0.39, 0.29) is 24.4 Å². The summed E-state index contributed by atoms with van der Waals surface area (Å²) in [4.78, 5) is 14.5. The molecule has 0 aromatic heterocycles. The number of benzene rings is 2. The van der Waals surface area contributed by atoms with Crippen LogP contribution in [0.1, 0.15) is 24.9 Å². The van der Waals surface area contributed by atoms with Gasteiger partial charge in [0.25, 0.3) is 0 Å². The Balaban J connectivity index is 0.00000280. The summed E-state index contributed by atoms with van der Waals surface area (Å²) in [5.41, 5.74) is 3.32. The normalized spacial score (nSPS) is 17.3. The first-order valence-corrected chi connectivity index (χ1v) is 10.6. The van der Waals surface area contributed by atoms with Gasteiger partial charge in [-0.2, -0.15) is 11.8 Å². The van der Waals surface area contributed by atoms with Crippen molar-refractivity contribution < 1.29 is 9.53 Å². The van der Waals surface area contributed by atoms with Crippen LogP contribution in [0.3, 0.4) is 0 Å². The summed E-state index contributed by atoms with van der Waals surface area (Å²) in [6.45, 7) is 3.07. The van der Waals surface area contributed by atoms with Crippen LogP contribution >= 0.6 is 24.2 Å². The van der Waals surface area contributed by atoms with E-state index in [2.05, 4.69) is 42.6 Å². The van der Waals surface area contributed by atoms with Gasteiger partial charge in [0, 0.05) is 43.1 Å². The smallest absolute Gasteiger partial charge is 0.224 e. The number of rotatable bonds is 6. The summed E-state index contributed by atoms with van der Waals surface area (Å²) < 4.78 is 5.46. The van der Waals surface area contributed by atoms with Crippen molar-refractivity contribution in [1.82, 2.24) is 10.2 Å². The standard InChI is InChI=1S/C22H28N2O2S.ClH/c1-16(24(2)22(25)14-19-15-27-13-12-23-19)17-8-10-18(11-9-17)20-6-4-5-7-21(20)26-3;/h4-11,16,19,23H,12-15H2,1-3H3;1H. The molecule has 1 amide bonds. The summed E-state index contributed by atoms with van der Waals surface area (Å²) in [5, 5.41) is 3.44. The highest BCUT2D eigenvalue weighted by Gasteiger charge is 2.22. The zero-order chi connectivity index (χ0) is 19.2. The van der Waals surface area contributed by atoms with Crippen molar-refractivity contribution in [3.63, 3.8) is 0 Å². The third-order valence-corrected chi connectivity index (χ3v) is 6.34. The van der Waals surface area contributed by atoms with Crippen molar-refractivity contribution >= 4 is 30.1 Å². The molecule has 1 N–H and O–H groups in total. The van der Waals surface area contributed by atoms with Crippen LogP contribution in [0.4, 0.5) is 0 Å². The summed E-state index contributed by atoms with van der Waals surface area (Å²) >= 11 is 1.92. The second-order valence-corrected chi connectivity index (χ2v) is 8.08. The highest BCUT2D eigenvalue weighted by molar-refractivity contribution is 7.99. The highest BCUT2D eigenvalue weighted by atomic mass is 35.5. The average Bonchev–Trinajstić information content (AvgIpc) is 2.73. The molecule has 0 bridgehead atoms. The number of carbonyl (C=O) groups excluding carboxylic acids is 1. The van der Waals surface area contributed by atoms with Gasteiger partial charge in [-0.05, 0) is 24.1 Å². The Morgan fingerprint density at radius 3 is 2.61 bits per heavy atom. The van der Waals surface area contributed by atoms with Crippen molar-refractivity contribution in [3.8, 4) is 16.9 Å². The maximum absolute atomic E-state index is 12.7. The fraction of sp³-hybridized carbons (Fsp3) is 0.409. The molecular weight excluding hydrogens is 392 g/mol. The predicted octanol–water partition coefficient (Wildman–Crippen LogP) is 4.40. The molecule has 1 aliphatic heterocycles. The lowest BCUT2D eigenvalue weighted by Crippen LogP contribution is -2.42. The van der Waals surface area contributed by atoms with Gasteiger partial charge in [0.2, 0.25) is 5.91 Å². The van der Waals surface area contributed by atoms with E-state index in [0.717, 1.165) is 40.5 Å². The van der Waals surface area contributed by atoms with Crippen LogP contribution in [0.15, 0.2) is 48.5 Å². The largest absolute Gasteiger partial charge is 0.496 e. The molecule has 2 atom stereocenters. The zero-order valence-electron chi connectivity index (χ0n) is 16.7. The predicted molar refractivity (Wildman–Crippen MR) is 121 cm³/mol. The number of halogens is 1. The summed E-state index contributed by atoms with van der Waals surface area (Å²) in [7, 11) is 3.59. The van der Waals surface area contributed by atoms with Gasteiger partial charge < -0.3 is 15.0 Å². The Morgan fingerprint density at radius 1 is 1.25 bits per heavy atom. The minimum atomic E-state index is 0. The molecule has 4 nitrogen and oxygen atoms in total. The summed E-state index contributed by atoms with van der Waals surface area (Å²) in [6.07, 6.45) is 0.563. The SMILES string of the molecule is COc1ccccc1-c1ccc(C(C)N(C)C(=O)CC2CSCCN2)cc1.Cl. The van der Waals surface area contributed by atoms with Gasteiger partial charge >= 0.3 is 0 Å². The number of nitrogens with one attached hydrogen (secondary N) is 1. The molecular formula is C22H29ClN2O2S. The first-order valence-electron chi connectivity index (χ1n) is 9.40. The minimum Gasteiger partial charge on any atom is -0.496 e. The molecule has 2 aromatic rings. The van der Waals surface area contributed by atoms with E-state index in [4.69, 9.17) is 4.74 Å². The molecule has 1 fully saturated rings. The third kappa shape index (κ3) is 5.43. The van der Waals surface area contributed by atoms with Crippen molar-refractivity contribution in [2.24, 2.45) is 0 Å². The van der Waals surface area contributed by atoms with E-state index < -0.39 is 0 Å². The van der Waals surface area contributed by atoms with Gasteiger partial charge in [-0.25, -0.2) is 0 Å². The highest BCUT2D eigenvalue weighted by Crippen LogP contribution is 2.31. The molecule has 152 valence electrons. The van der Waals surface area contributed by atoms with Crippen LogP contribution < -0.4 is 10.1 Å². The van der Waals surface area contributed by atoms with Gasteiger partial charge in [0.05, 0.1) is 13.2 Å².